The molecule has 0 aliphatic heterocycles. The lowest BCUT2D eigenvalue weighted by Gasteiger charge is -2.07. The number of fused-ring (bicyclic) bond motifs is 1. The van der Waals surface area contributed by atoms with Crippen LogP contribution in [0.5, 0.6) is 0 Å². The van der Waals surface area contributed by atoms with Gasteiger partial charge in [0.05, 0.1) is 10.9 Å². The van der Waals surface area contributed by atoms with Crippen LogP contribution in [-0.4, -0.2) is 4.57 Å². The number of hydrogen-bond acceptors (Lipinski definition) is 3. The van der Waals surface area contributed by atoms with Crippen LogP contribution in [0.4, 0.5) is 0 Å². The second kappa shape index (κ2) is 3.38. The lowest BCUT2D eigenvalue weighted by Crippen LogP contribution is -2.24. The monoisotopic (exact) mass is 205 g/mol. The summed E-state index contributed by atoms with van der Waals surface area (Å²) in [6.07, 6.45) is 0. The van der Waals surface area contributed by atoms with E-state index in [1.165, 1.54) is 4.57 Å². The quantitative estimate of drug-likeness (QED) is 0.704. The maximum Gasteiger partial charge on any atom is 0.422 e. The molecule has 1 aromatic heterocycles. The van der Waals surface area contributed by atoms with Gasteiger partial charge in [0.25, 0.3) is 0 Å². The third kappa shape index (κ3) is 1.38. The first-order valence-corrected chi connectivity index (χ1v) is 4.78. The molecular formula is C11H11NO3. The van der Waals surface area contributed by atoms with Gasteiger partial charge in [-0.1, -0.05) is 12.1 Å². The van der Waals surface area contributed by atoms with Crippen LogP contribution >= 0.6 is 0 Å². The standard InChI is InChI=1S/C11H11NO3/c1-3-12-9-7(2)5-4-6-8(9)10(13)15-11(12)14/h4-6H,3H2,1-2H3. The summed E-state index contributed by atoms with van der Waals surface area (Å²) in [5.74, 6) is -0.593. The molecule has 0 unspecified atom stereocenters. The van der Waals surface area contributed by atoms with Crippen molar-refractivity contribution in [3.05, 3.63) is 44.7 Å². The largest absolute Gasteiger partial charge is 0.422 e. The number of rotatable bonds is 1. The Morgan fingerprint density at radius 1 is 1.33 bits per heavy atom. The molecule has 4 heteroatoms. The minimum absolute atomic E-state index is 0.455. The average molecular weight is 205 g/mol. The number of benzene rings is 1. The second-order valence-electron chi connectivity index (χ2n) is 3.37. The smallest absolute Gasteiger partial charge is 0.372 e. The number of aromatic nitrogens is 1. The normalized spacial score (nSPS) is 10.8. The van der Waals surface area contributed by atoms with Gasteiger partial charge in [-0.3, -0.25) is 4.57 Å². The molecule has 78 valence electrons. The summed E-state index contributed by atoms with van der Waals surface area (Å²) >= 11 is 0. The van der Waals surface area contributed by atoms with Gasteiger partial charge in [0.1, 0.15) is 0 Å². The molecule has 2 aromatic rings. The summed E-state index contributed by atoms with van der Waals surface area (Å²) in [5, 5.41) is 0.455. The lowest BCUT2D eigenvalue weighted by atomic mass is 10.1. The van der Waals surface area contributed by atoms with Gasteiger partial charge in [-0.15, -0.1) is 0 Å². The third-order valence-corrected chi connectivity index (χ3v) is 2.44. The Morgan fingerprint density at radius 3 is 2.73 bits per heavy atom. The van der Waals surface area contributed by atoms with E-state index in [4.69, 9.17) is 0 Å². The predicted octanol–water partition coefficient (Wildman–Crippen LogP) is 1.28. The van der Waals surface area contributed by atoms with Gasteiger partial charge in [-0.05, 0) is 25.5 Å². The van der Waals surface area contributed by atoms with Gasteiger partial charge in [0.2, 0.25) is 0 Å². The van der Waals surface area contributed by atoms with E-state index in [0.29, 0.717) is 17.4 Å². The van der Waals surface area contributed by atoms with Gasteiger partial charge in [-0.2, -0.15) is 0 Å². The Labute approximate surface area is 85.8 Å². The molecule has 15 heavy (non-hydrogen) atoms. The molecule has 2 rings (SSSR count). The van der Waals surface area contributed by atoms with E-state index >= 15 is 0 Å². The molecule has 0 bridgehead atoms. The number of para-hydroxylation sites is 1. The average Bonchev–Trinajstić information content (AvgIpc) is 2.20. The van der Waals surface area contributed by atoms with Crippen LogP contribution in [0.25, 0.3) is 10.9 Å². The van der Waals surface area contributed by atoms with Crippen molar-refractivity contribution in [1.29, 1.82) is 0 Å². The Bertz CT molecular complexity index is 622. The summed E-state index contributed by atoms with van der Waals surface area (Å²) < 4.78 is 6.08. The highest BCUT2D eigenvalue weighted by Crippen LogP contribution is 2.12. The van der Waals surface area contributed by atoms with Crippen LogP contribution in [0.2, 0.25) is 0 Å². The van der Waals surface area contributed by atoms with Crippen molar-refractivity contribution in [2.75, 3.05) is 0 Å². The van der Waals surface area contributed by atoms with Crippen molar-refractivity contribution >= 4 is 10.9 Å². The van der Waals surface area contributed by atoms with Crippen LogP contribution < -0.4 is 11.4 Å². The predicted molar refractivity (Wildman–Crippen MR) is 57.2 cm³/mol. The molecule has 0 N–H and O–H groups in total. The molecule has 0 saturated heterocycles. The zero-order valence-corrected chi connectivity index (χ0v) is 8.61. The SMILES string of the molecule is CCn1c(=O)oc(=O)c2cccc(C)c21. The van der Waals surface area contributed by atoms with E-state index < -0.39 is 11.4 Å². The Balaban J connectivity index is 3.12. The van der Waals surface area contributed by atoms with Crippen molar-refractivity contribution in [2.24, 2.45) is 0 Å². The van der Waals surface area contributed by atoms with Gasteiger partial charge >= 0.3 is 11.4 Å². The first kappa shape index (κ1) is 9.71. The summed E-state index contributed by atoms with van der Waals surface area (Å²) in [6.45, 7) is 4.20. The fourth-order valence-electron chi connectivity index (χ4n) is 1.75. The lowest BCUT2D eigenvalue weighted by molar-refractivity contribution is 0.421. The van der Waals surface area contributed by atoms with Crippen LogP contribution in [-0.2, 0) is 6.54 Å². The molecule has 0 amide bonds. The second-order valence-corrected chi connectivity index (χ2v) is 3.37. The highest BCUT2D eigenvalue weighted by atomic mass is 16.4. The Morgan fingerprint density at radius 2 is 2.07 bits per heavy atom. The van der Waals surface area contributed by atoms with Crippen LogP contribution in [0, 0.1) is 6.92 Å². The fraction of sp³-hybridized carbons (Fsp3) is 0.273. The number of aryl methyl sites for hydroxylation is 2. The molecule has 4 nitrogen and oxygen atoms in total. The first-order chi connectivity index (χ1) is 7.15. The molecule has 0 spiro atoms. The topological polar surface area (TPSA) is 52.2 Å². The van der Waals surface area contributed by atoms with Gasteiger partial charge in [0, 0.05) is 6.54 Å². The third-order valence-electron chi connectivity index (χ3n) is 2.44. The van der Waals surface area contributed by atoms with Crippen LogP contribution in [0.1, 0.15) is 12.5 Å². The van der Waals surface area contributed by atoms with Crippen molar-refractivity contribution in [1.82, 2.24) is 4.57 Å². The molecule has 1 aromatic carbocycles. The zero-order valence-electron chi connectivity index (χ0n) is 8.61. The summed E-state index contributed by atoms with van der Waals surface area (Å²) in [7, 11) is 0. The van der Waals surface area contributed by atoms with Gasteiger partial charge in [0.15, 0.2) is 0 Å². The zero-order chi connectivity index (χ0) is 11.0. The maximum absolute atomic E-state index is 11.4. The summed E-state index contributed by atoms with van der Waals surface area (Å²) in [6, 6.07) is 5.31. The van der Waals surface area contributed by atoms with Crippen molar-refractivity contribution in [2.45, 2.75) is 20.4 Å². The molecule has 0 aliphatic carbocycles. The van der Waals surface area contributed by atoms with E-state index in [1.807, 2.05) is 19.9 Å². The minimum atomic E-state index is -0.593. The maximum atomic E-state index is 11.4. The Kier molecular flexibility index (Phi) is 2.19. The molecule has 1 heterocycles. The fourth-order valence-corrected chi connectivity index (χ4v) is 1.75. The highest BCUT2D eigenvalue weighted by molar-refractivity contribution is 5.80. The van der Waals surface area contributed by atoms with E-state index in [0.717, 1.165) is 5.56 Å². The van der Waals surface area contributed by atoms with Crippen LogP contribution in [0.3, 0.4) is 0 Å². The molecule has 0 fully saturated rings. The molecule has 0 radical (unpaired) electrons. The summed E-state index contributed by atoms with van der Waals surface area (Å²) in [5.41, 5.74) is 1.00. The molecule has 0 atom stereocenters. The van der Waals surface area contributed by atoms with E-state index in [2.05, 4.69) is 4.42 Å². The number of nitrogens with zero attached hydrogens (tertiary/aromatic N) is 1. The van der Waals surface area contributed by atoms with Crippen molar-refractivity contribution in [3.8, 4) is 0 Å². The van der Waals surface area contributed by atoms with Gasteiger partial charge in [-0.25, -0.2) is 9.59 Å². The Hall–Kier alpha value is -1.84. The first-order valence-electron chi connectivity index (χ1n) is 4.78. The van der Waals surface area contributed by atoms with E-state index in [-0.39, 0.29) is 0 Å². The van der Waals surface area contributed by atoms with E-state index in [9.17, 15) is 9.59 Å². The summed E-state index contributed by atoms with van der Waals surface area (Å²) in [4.78, 5) is 22.9. The molecule has 0 saturated carbocycles. The van der Waals surface area contributed by atoms with E-state index in [1.54, 1.807) is 12.1 Å². The van der Waals surface area contributed by atoms with Crippen LogP contribution in [0.15, 0.2) is 32.2 Å². The van der Waals surface area contributed by atoms with Crippen molar-refractivity contribution < 1.29 is 4.42 Å². The number of hydrogen-bond donors (Lipinski definition) is 0. The minimum Gasteiger partial charge on any atom is -0.372 e. The van der Waals surface area contributed by atoms with Gasteiger partial charge < -0.3 is 4.42 Å². The highest BCUT2D eigenvalue weighted by Gasteiger charge is 2.09. The van der Waals surface area contributed by atoms with Crippen molar-refractivity contribution in [3.63, 3.8) is 0 Å². The molecule has 0 aliphatic rings. The molecular weight excluding hydrogens is 194 g/mol.